The van der Waals surface area contributed by atoms with E-state index in [1.54, 1.807) is 0 Å². The van der Waals surface area contributed by atoms with Gasteiger partial charge in [-0.3, -0.25) is 4.89 Å². The Hall–Kier alpha value is -0.610. The topological polar surface area (TPSA) is 72.6 Å². The van der Waals surface area contributed by atoms with Crippen LogP contribution in [0.1, 0.15) is 20.3 Å². The summed E-state index contributed by atoms with van der Waals surface area (Å²) in [4.78, 5) is 13.9. The van der Waals surface area contributed by atoms with Gasteiger partial charge in [0.2, 0.25) is 0 Å². The van der Waals surface area contributed by atoms with Gasteiger partial charge in [0.15, 0.2) is 0 Å². The number of nitrogens with two attached hydrogens (primary N) is 1. The molecule has 0 aromatic rings. The van der Waals surface area contributed by atoms with Crippen molar-refractivity contribution in [2.45, 2.75) is 26.3 Å². The molecule has 0 saturated carbocycles. The van der Waals surface area contributed by atoms with Gasteiger partial charge >= 0.3 is 5.97 Å². The van der Waals surface area contributed by atoms with Crippen molar-refractivity contribution in [3.05, 3.63) is 0 Å². The maximum absolute atomic E-state index is 10.5. The highest BCUT2D eigenvalue weighted by Gasteiger charge is 2.15. The van der Waals surface area contributed by atoms with Crippen LogP contribution in [0.25, 0.3) is 0 Å². The Kier molecular flexibility index (Phi) is 3.99. The molecule has 0 rings (SSSR count). The quantitative estimate of drug-likeness (QED) is 0.447. The highest BCUT2D eigenvalue weighted by Crippen LogP contribution is 2.02. The molecule has 0 heterocycles. The van der Waals surface area contributed by atoms with Crippen LogP contribution in [-0.4, -0.2) is 17.3 Å². The lowest BCUT2D eigenvalue weighted by Gasteiger charge is -2.08. The molecule has 4 heteroatoms. The van der Waals surface area contributed by atoms with Crippen molar-refractivity contribution in [3.63, 3.8) is 0 Å². The summed E-state index contributed by atoms with van der Waals surface area (Å²) in [6, 6.07) is -0.704. The average Bonchev–Trinajstić information content (AvgIpc) is 1.85. The molecular formula is C6H13NO3. The van der Waals surface area contributed by atoms with E-state index in [-0.39, 0.29) is 0 Å². The van der Waals surface area contributed by atoms with E-state index in [9.17, 15) is 4.79 Å². The zero-order valence-corrected chi connectivity index (χ0v) is 6.20. The second-order valence-corrected chi connectivity index (χ2v) is 2.65. The first-order valence-electron chi connectivity index (χ1n) is 3.18. The Balaban J connectivity index is 3.61. The van der Waals surface area contributed by atoms with Gasteiger partial charge in [-0.25, -0.2) is 4.79 Å². The summed E-state index contributed by atoms with van der Waals surface area (Å²) in [7, 11) is 0. The van der Waals surface area contributed by atoms with Crippen LogP contribution in [0.2, 0.25) is 0 Å². The largest absolute Gasteiger partial charge is 0.358 e. The molecule has 0 unspecified atom stereocenters. The first-order chi connectivity index (χ1) is 4.57. The van der Waals surface area contributed by atoms with Gasteiger partial charge < -0.3 is 5.73 Å². The second-order valence-electron chi connectivity index (χ2n) is 2.65. The van der Waals surface area contributed by atoms with E-state index in [1.807, 2.05) is 13.8 Å². The summed E-state index contributed by atoms with van der Waals surface area (Å²) in [5, 5.41) is 7.89. The molecule has 0 saturated heterocycles. The molecule has 0 bridgehead atoms. The molecule has 4 nitrogen and oxygen atoms in total. The molecule has 0 aliphatic heterocycles. The van der Waals surface area contributed by atoms with E-state index in [1.165, 1.54) is 0 Å². The maximum atomic E-state index is 10.5. The number of carbonyl (C=O) groups is 1. The molecule has 0 radical (unpaired) electrons. The maximum Gasteiger partial charge on any atom is 0.358 e. The predicted molar refractivity (Wildman–Crippen MR) is 36.2 cm³/mol. The van der Waals surface area contributed by atoms with E-state index in [2.05, 4.69) is 4.89 Å². The Bertz CT molecular complexity index is 114. The summed E-state index contributed by atoms with van der Waals surface area (Å²) >= 11 is 0. The van der Waals surface area contributed by atoms with E-state index >= 15 is 0 Å². The van der Waals surface area contributed by atoms with E-state index in [0.717, 1.165) is 0 Å². The number of hydrogen-bond donors (Lipinski definition) is 2. The summed E-state index contributed by atoms with van der Waals surface area (Å²) in [5.41, 5.74) is 5.29. The van der Waals surface area contributed by atoms with Gasteiger partial charge in [0, 0.05) is 0 Å². The molecule has 10 heavy (non-hydrogen) atoms. The van der Waals surface area contributed by atoms with Gasteiger partial charge in [0.1, 0.15) is 6.04 Å². The van der Waals surface area contributed by atoms with Crippen molar-refractivity contribution >= 4 is 5.97 Å². The Morgan fingerprint density at radius 1 is 1.70 bits per heavy atom. The summed E-state index contributed by atoms with van der Waals surface area (Å²) in [6.07, 6.45) is 0.527. The van der Waals surface area contributed by atoms with Crippen molar-refractivity contribution in [2.75, 3.05) is 0 Å². The fraction of sp³-hybridized carbons (Fsp3) is 0.833. The minimum Gasteiger partial charge on any atom is -0.318 e. The summed E-state index contributed by atoms with van der Waals surface area (Å²) < 4.78 is 0. The van der Waals surface area contributed by atoms with Crippen LogP contribution in [0, 0.1) is 5.92 Å². The highest BCUT2D eigenvalue weighted by molar-refractivity contribution is 5.74. The molecule has 0 aliphatic rings. The Labute approximate surface area is 59.9 Å². The van der Waals surface area contributed by atoms with Crippen molar-refractivity contribution < 1.29 is 14.9 Å². The molecular weight excluding hydrogens is 134 g/mol. The molecule has 0 aromatic carbocycles. The van der Waals surface area contributed by atoms with Gasteiger partial charge in [0.05, 0.1) is 0 Å². The van der Waals surface area contributed by atoms with Gasteiger partial charge in [0.25, 0.3) is 0 Å². The normalized spacial score (nSPS) is 13.3. The molecule has 0 amide bonds. The van der Waals surface area contributed by atoms with Crippen LogP contribution in [0.15, 0.2) is 0 Å². The molecule has 1 atom stereocenters. The SMILES string of the molecule is CC(C)C[C@H](N)C(=O)OO. The fourth-order valence-corrected chi connectivity index (χ4v) is 0.672. The van der Waals surface area contributed by atoms with Crippen LogP contribution >= 0.6 is 0 Å². The monoisotopic (exact) mass is 147 g/mol. The first kappa shape index (κ1) is 9.39. The molecule has 0 fully saturated rings. The van der Waals surface area contributed by atoms with Crippen LogP contribution in [0.3, 0.4) is 0 Å². The number of hydrogen-bond acceptors (Lipinski definition) is 4. The minimum atomic E-state index is -0.770. The third-order valence-corrected chi connectivity index (χ3v) is 1.12. The van der Waals surface area contributed by atoms with Gasteiger partial charge in [-0.05, 0) is 12.3 Å². The van der Waals surface area contributed by atoms with Crippen LogP contribution < -0.4 is 5.73 Å². The zero-order valence-electron chi connectivity index (χ0n) is 6.20. The number of rotatable bonds is 3. The molecule has 0 aromatic heterocycles. The van der Waals surface area contributed by atoms with E-state index in [4.69, 9.17) is 11.0 Å². The summed E-state index contributed by atoms with van der Waals surface area (Å²) in [5.74, 6) is -0.442. The Morgan fingerprint density at radius 3 is 2.50 bits per heavy atom. The van der Waals surface area contributed by atoms with E-state index < -0.39 is 12.0 Å². The zero-order chi connectivity index (χ0) is 8.15. The van der Waals surface area contributed by atoms with Gasteiger partial charge in [-0.15, -0.1) is 0 Å². The lowest BCUT2D eigenvalue weighted by molar-refractivity contribution is -0.236. The molecule has 3 N–H and O–H groups in total. The lowest BCUT2D eigenvalue weighted by Crippen LogP contribution is -2.32. The first-order valence-corrected chi connectivity index (χ1v) is 3.18. The van der Waals surface area contributed by atoms with Crippen molar-refractivity contribution in [3.8, 4) is 0 Å². The standard InChI is InChI=1S/C6H13NO3/c1-4(2)3-5(7)6(8)10-9/h4-5,9H,3,7H2,1-2H3/t5-/m0/s1. The third kappa shape index (κ3) is 3.42. The predicted octanol–water partition coefficient (Wildman–Crippen LogP) is 0.376. The number of carbonyl (C=O) groups excluding carboxylic acids is 1. The third-order valence-electron chi connectivity index (χ3n) is 1.12. The fourth-order valence-electron chi connectivity index (χ4n) is 0.672. The molecule has 0 spiro atoms. The smallest absolute Gasteiger partial charge is 0.318 e. The van der Waals surface area contributed by atoms with Gasteiger partial charge in [-0.2, -0.15) is 5.26 Å². The highest BCUT2D eigenvalue weighted by atomic mass is 17.1. The average molecular weight is 147 g/mol. The van der Waals surface area contributed by atoms with Crippen molar-refractivity contribution in [2.24, 2.45) is 11.7 Å². The van der Waals surface area contributed by atoms with Crippen molar-refractivity contribution in [1.29, 1.82) is 0 Å². The van der Waals surface area contributed by atoms with Crippen LogP contribution in [0.5, 0.6) is 0 Å². The van der Waals surface area contributed by atoms with Crippen LogP contribution in [0.4, 0.5) is 0 Å². The summed E-state index contributed by atoms with van der Waals surface area (Å²) in [6.45, 7) is 3.87. The lowest BCUT2D eigenvalue weighted by atomic mass is 10.1. The minimum absolute atomic E-state index is 0.328. The van der Waals surface area contributed by atoms with Crippen LogP contribution in [-0.2, 0) is 9.68 Å². The van der Waals surface area contributed by atoms with Gasteiger partial charge in [-0.1, -0.05) is 13.8 Å². The second kappa shape index (κ2) is 4.24. The molecule has 0 aliphatic carbocycles. The molecule has 60 valence electrons. The van der Waals surface area contributed by atoms with E-state index in [0.29, 0.717) is 12.3 Å². The van der Waals surface area contributed by atoms with Crippen molar-refractivity contribution in [1.82, 2.24) is 0 Å². The Morgan fingerprint density at radius 2 is 2.20 bits per heavy atom.